The molecule has 1 fully saturated rings. The normalized spacial score (nSPS) is 16.3. The summed E-state index contributed by atoms with van der Waals surface area (Å²) in [6, 6.07) is 8.57. The molecular formula is C19H19F3N2O2. The lowest BCUT2D eigenvalue weighted by Gasteiger charge is -2.35. The summed E-state index contributed by atoms with van der Waals surface area (Å²) in [7, 11) is 0. The summed E-state index contributed by atoms with van der Waals surface area (Å²) < 4.78 is 45.2. The molecule has 3 rings (SSSR count). The molecule has 1 aliphatic heterocycles. The van der Waals surface area contributed by atoms with Crippen LogP contribution in [0.2, 0.25) is 0 Å². The fraction of sp³-hybridized carbons (Fsp3) is 0.316. The molecule has 1 amide bonds. The molecule has 1 N–H and O–H groups in total. The highest BCUT2D eigenvalue weighted by Crippen LogP contribution is 2.22. The second kappa shape index (κ2) is 8.33. The van der Waals surface area contributed by atoms with Crippen LogP contribution in [0.4, 0.5) is 13.2 Å². The van der Waals surface area contributed by atoms with Crippen molar-refractivity contribution in [2.75, 3.05) is 32.8 Å². The van der Waals surface area contributed by atoms with Crippen LogP contribution in [0.5, 0.6) is 0 Å². The van der Waals surface area contributed by atoms with Gasteiger partial charge in [-0.05, 0) is 29.8 Å². The molecule has 1 heterocycles. The first-order chi connectivity index (χ1) is 12.5. The van der Waals surface area contributed by atoms with Crippen molar-refractivity contribution in [1.29, 1.82) is 0 Å². The van der Waals surface area contributed by atoms with Gasteiger partial charge < -0.3 is 10.1 Å². The van der Waals surface area contributed by atoms with Crippen LogP contribution >= 0.6 is 0 Å². The quantitative estimate of drug-likeness (QED) is 0.887. The summed E-state index contributed by atoms with van der Waals surface area (Å²) in [4.78, 5) is 14.4. The first-order valence-electron chi connectivity index (χ1n) is 8.34. The summed E-state index contributed by atoms with van der Waals surface area (Å²) in [5, 5.41) is 2.72. The number of nitrogens with zero attached hydrogens (tertiary/aromatic N) is 1. The van der Waals surface area contributed by atoms with Gasteiger partial charge in [0, 0.05) is 31.3 Å². The zero-order valence-electron chi connectivity index (χ0n) is 14.1. The fourth-order valence-electron chi connectivity index (χ4n) is 3.01. The Bertz CT molecular complexity index is 742. The molecule has 1 saturated heterocycles. The van der Waals surface area contributed by atoms with Gasteiger partial charge in [0.25, 0.3) is 5.91 Å². The van der Waals surface area contributed by atoms with E-state index in [0.29, 0.717) is 32.4 Å². The lowest BCUT2D eigenvalue weighted by molar-refractivity contribution is 0.0162. The van der Waals surface area contributed by atoms with E-state index in [1.165, 1.54) is 12.1 Å². The Morgan fingerprint density at radius 2 is 1.62 bits per heavy atom. The molecule has 0 bridgehead atoms. The maximum Gasteiger partial charge on any atom is 0.251 e. The van der Waals surface area contributed by atoms with Crippen molar-refractivity contribution >= 4 is 5.91 Å². The van der Waals surface area contributed by atoms with Crippen LogP contribution < -0.4 is 5.32 Å². The lowest BCUT2D eigenvalue weighted by Crippen LogP contribution is -2.43. The molecule has 2 aromatic rings. The number of hydrogen-bond acceptors (Lipinski definition) is 3. The van der Waals surface area contributed by atoms with Gasteiger partial charge in [-0.2, -0.15) is 0 Å². The number of rotatable bonds is 5. The van der Waals surface area contributed by atoms with E-state index in [1.54, 1.807) is 12.1 Å². The van der Waals surface area contributed by atoms with Gasteiger partial charge in [-0.1, -0.05) is 12.1 Å². The van der Waals surface area contributed by atoms with Gasteiger partial charge in [0.2, 0.25) is 0 Å². The second-order valence-corrected chi connectivity index (χ2v) is 6.08. The molecule has 0 saturated carbocycles. The van der Waals surface area contributed by atoms with Crippen molar-refractivity contribution in [2.45, 2.75) is 6.04 Å². The topological polar surface area (TPSA) is 41.6 Å². The smallest absolute Gasteiger partial charge is 0.251 e. The predicted molar refractivity (Wildman–Crippen MR) is 90.2 cm³/mol. The summed E-state index contributed by atoms with van der Waals surface area (Å²) >= 11 is 0. The zero-order chi connectivity index (χ0) is 18.5. The van der Waals surface area contributed by atoms with Gasteiger partial charge in [-0.3, -0.25) is 9.69 Å². The SMILES string of the molecule is O=C(NC[C@H](c1ccc(F)cc1)N1CCOCC1)c1cc(F)cc(F)c1. The van der Waals surface area contributed by atoms with E-state index in [4.69, 9.17) is 4.74 Å². The minimum Gasteiger partial charge on any atom is -0.379 e. The van der Waals surface area contributed by atoms with E-state index in [0.717, 1.165) is 17.7 Å². The Balaban J connectivity index is 1.74. The third-order valence-corrected chi connectivity index (χ3v) is 4.32. The Kier molecular flexibility index (Phi) is 5.90. The second-order valence-electron chi connectivity index (χ2n) is 6.08. The number of amides is 1. The lowest BCUT2D eigenvalue weighted by atomic mass is 10.0. The van der Waals surface area contributed by atoms with E-state index in [1.807, 2.05) is 0 Å². The average molecular weight is 364 g/mol. The fourth-order valence-corrected chi connectivity index (χ4v) is 3.01. The molecule has 0 spiro atoms. The van der Waals surface area contributed by atoms with Crippen LogP contribution in [-0.4, -0.2) is 43.7 Å². The highest BCUT2D eigenvalue weighted by Gasteiger charge is 2.23. The van der Waals surface area contributed by atoms with Crippen LogP contribution in [0.25, 0.3) is 0 Å². The summed E-state index contributed by atoms with van der Waals surface area (Å²) in [5.41, 5.74) is 0.765. The van der Waals surface area contributed by atoms with Crippen molar-refractivity contribution < 1.29 is 22.7 Å². The number of carbonyl (C=O) groups excluding carboxylic acids is 1. The molecular weight excluding hydrogens is 345 g/mol. The number of hydrogen-bond donors (Lipinski definition) is 1. The molecule has 1 atom stereocenters. The van der Waals surface area contributed by atoms with E-state index in [2.05, 4.69) is 10.2 Å². The van der Waals surface area contributed by atoms with Gasteiger partial charge in [0.1, 0.15) is 17.5 Å². The zero-order valence-corrected chi connectivity index (χ0v) is 14.1. The van der Waals surface area contributed by atoms with Crippen LogP contribution in [0.15, 0.2) is 42.5 Å². The third kappa shape index (κ3) is 4.62. The summed E-state index contributed by atoms with van der Waals surface area (Å²) in [6.07, 6.45) is 0. The molecule has 138 valence electrons. The standard InChI is InChI=1S/C19H19F3N2O2/c20-15-3-1-13(2-4-15)18(24-5-7-26-8-6-24)12-23-19(25)14-9-16(21)11-17(22)10-14/h1-4,9-11,18H,5-8,12H2,(H,23,25)/t18-/m1/s1. The van der Waals surface area contributed by atoms with Gasteiger partial charge >= 0.3 is 0 Å². The molecule has 2 aromatic carbocycles. The van der Waals surface area contributed by atoms with Crippen molar-refractivity contribution in [1.82, 2.24) is 10.2 Å². The van der Waals surface area contributed by atoms with Crippen molar-refractivity contribution in [2.24, 2.45) is 0 Å². The minimum absolute atomic E-state index is 0.0812. The molecule has 4 nitrogen and oxygen atoms in total. The van der Waals surface area contributed by atoms with Crippen molar-refractivity contribution in [3.05, 3.63) is 71.0 Å². The molecule has 26 heavy (non-hydrogen) atoms. The van der Waals surface area contributed by atoms with Crippen LogP contribution in [0.1, 0.15) is 22.0 Å². The Hall–Kier alpha value is -2.38. The largest absolute Gasteiger partial charge is 0.379 e. The predicted octanol–water partition coefficient (Wildman–Crippen LogP) is 2.91. The maximum atomic E-state index is 13.3. The number of ether oxygens (including phenoxy) is 1. The molecule has 7 heteroatoms. The number of carbonyl (C=O) groups is 1. The van der Waals surface area contributed by atoms with E-state index in [9.17, 15) is 18.0 Å². The third-order valence-electron chi connectivity index (χ3n) is 4.32. The van der Waals surface area contributed by atoms with Crippen LogP contribution in [-0.2, 0) is 4.74 Å². The minimum atomic E-state index is -0.807. The first-order valence-corrected chi connectivity index (χ1v) is 8.34. The number of morpholine rings is 1. The van der Waals surface area contributed by atoms with Crippen molar-refractivity contribution in [3.63, 3.8) is 0 Å². The summed E-state index contributed by atoms with van der Waals surface area (Å²) in [5.74, 6) is -2.52. The molecule has 0 aliphatic carbocycles. The molecule has 0 unspecified atom stereocenters. The highest BCUT2D eigenvalue weighted by molar-refractivity contribution is 5.94. The van der Waals surface area contributed by atoms with Crippen LogP contribution in [0, 0.1) is 17.5 Å². The number of halogens is 3. The summed E-state index contributed by atoms with van der Waals surface area (Å²) in [6.45, 7) is 2.71. The van der Waals surface area contributed by atoms with E-state index in [-0.39, 0.29) is 24.0 Å². The van der Waals surface area contributed by atoms with Gasteiger partial charge in [0.15, 0.2) is 0 Å². The monoisotopic (exact) mass is 364 g/mol. The first kappa shape index (κ1) is 18.4. The molecule has 0 radical (unpaired) electrons. The van der Waals surface area contributed by atoms with Gasteiger partial charge in [-0.15, -0.1) is 0 Å². The van der Waals surface area contributed by atoms with Gasteiger partial charge in [0.05, 0.1) is 19.3 Å². The number of nitrogens with one attached hydrogen (secondary N) is 1. The van der Waals surface area contributed by atoms with Crippen LogP contribution in [0.3, 0.4) is 0 Å². The van der Waals surface area contributed by atoms with E-state index < -0.39 is 17.5 Å². The molecule has 1 aliphatic rings. The number of benzene rings is 2. The van der Waals surface area contributed by atoms with Gasteiger partial charge in [-0.25, -0.2) is 13.2 Å². The molecule has 0 aromatic heterocycles. The van der Waals surface area contributed by atoms with E-state index >= 15 is 0 Å². The van der Waals surface area contributed by atoms with Crippen molar-refractivity contribution in [3.8, 4) is 0 Å². The average Bonchev–Trinajstić information content (AvgIpc) is 2.63. The Labute approximate surface area is 149 Å². The Morgan fingerprint density at radius 1 is 1.00 bits per heavy atom. The highest BCUT2D eigenvalue weighted by atomic mass is 19.1. The maximum absolute atomic E-state index is 13.3. The Morgan fingerprint density at radius 3 is 2.23 bits per heavy atom.